The highest BCUT2D eigenvalue weighted by Gasteiger charge is 2.20. The third-order valence-corrected chi connectivity index (χ3v) is 8.24. The SMILES string of the molecule is CCCCCCCCC/C=C/CC/C=C/C(O)C(CO)NC(=O)CC(O)CCCCCCCCCCCCCCCC. The normalized spacial score (nSPS) is 14.1. The summed E-state index contributed by atoms with van der Waals surface area (Å²) >= 11 is 0. The highest BCUT2D eigenvalue weighted by Crippen LogP contribution is 2.14. The van der Waals surface area contributed by atoms with Crippen LogP contribution in [0.1, 0.15) is 181 Å². The topological polar surface area (TPSA) is 89.8 Å². The van der Waals surface area contributed by atoms with E-state index in [9.17, 15) is 20.1 Å². The first kappa shape index (κ1) is 40.8. The summed E-state index contributed by atoms with van der Waals surface area (Å²) in [6.45, 7) is 4.17. The molecule has 3 atom stereocenters. The van der Waals surface area contributed by atoms with Crippen molar-refractivity contribution >= 4 is 5.91 Å². The predicted octanol–water partition coefficient (Wildman–Crippen LogP) is 9.48. The van der Waals surface area contributed by atoms with E-state index in [2.05, 4.69) is 31.3 Å². The van der Waals surface area contributed by atoms with Gasteiger partial charge in [0.25, 0.3) is 0 Å². The van der Waals surface area contributed by atoms with E-state index in [-0.39, 0.29) is 18.9 Å². The number of aliphatic hydroxyl groups excluding tert-OH is 3. The van der Waals surface area contributed by atoms with Gasteiger partial charge in [-0.15, -0.1) is 0 Å². The molecule has 0 aliphatic heterocycles. The highest BCUT2D eigenvalue weighted by atomic mass is 16.3. The second-order valence-corrected chi connectivity index (χ2v) is 12.5. The quantitative estimate of drug-likeness (QED) is 0.0462. The standard InChI is InChI=1S/C37H71NO4/c1-3-5-7-9-11-13-15-17-19-20-22-24-26-28-30-34(40)32-37(42)38-35(33-39)36(41)31-29-27-25-23-21-18-16-14-12-10-8-6-4-2/h21,23,29,31,34-36,39-41H,3-20,22,24-28,30,32-33H2,1-2H3,(H,38,42)/b23-21+,31-29+. The molecule has 0 heterocycles. The fraction of sp³-hybridized carbons (Fsp3) is 0.865. The summed E-state index contributed by atoms with van der Waals surface area (Å²) in [5.74, 6) is -0.326. The number of nitrogens with one attached hydrogen (secondary N) is 1. The van der Waals surface area contributed by atoms with E-state index in [0.29, 0.717) is 6.42 Å². The van der Waals surface area contributed by atoms with Crippen molar-refractivity contribution in [3.63, 3.8) is 0 Å². The molecule has 248 valence electrons. The van der Waals surface area contributed by atoms with Crippen molar-refractivity contribution < 1.29 is 20.1 Å². The molecule has 5 nitrogen and oxygen atoms in total. The molecule has 0 aromatic carbocycles. The number of amides is 1. The van der Waals surface area contributed by atoms with E-state index in [1.165, 1.54) is 122 Å². The van der Waals surface area contributed by atoms with Crippen LogP contribution in [0.3, 0.4) is 0 Å². The number of rotatable bonds is 32. The van der Waals surface area contributed by atoms with E-state index in [1.807, 2.05) is 6.08 Å². The Morgan fingerprint density at radius 1 is 0.595 bits per heavy atom. The van der Waals surface area contributed by atoms with Crippen LogP contribution in [0.15, 0.2) is 24.3 Å². The number of hydrogen-bond donors (Lipinski definition) is 4. The Labute approximate surface area is 261 Å². The van der Waals surface area contributed by atoms with Gasteiger partial charge in [0.1, 0.15) is 0 Å². The van der Waals surface area contributed by atoms with Gasteiger partial charge in [-0.2, -0.15) is 0 Å². The third kappa shape index (κ3) is 28.9. The maximum absolute atomic E-state index is 12.3. The molecule has 0 aromatic rings. The van der Waals surface area contributed by atoms with Gasteiger partial charge in [-0.25, -0.2) is 0 Å². The van der Waals surface area contributed by atoms with E-state index >= 15 is 0 Å². The van der Waals surface area contributed by atoms with Crippen molar-refractivity contribution in [1.82, 2.24) is 5.32 Å². The fourth-order valence-corrected chi connectivity index (χ4v) is 5.41. The molecular formula is C37H71NO4. The van der Waals surface area contributed by atoms with Crippen molar-refractivity contribution in [1.29, 1.82) is 0 Å². The van der Waals surface area contributed by atoms with E-state index < -0.39 is 18.2 Å². The van der Waals surface area contributed by atoms with Crippen LogP contribution >= 0.6 is 0 Å². The molecule has 0 saturated heterocycles. The van der Waals surface area contributed by atoms with Crippen LogP contribution in [0.25, 0.3) is 0 Å². The first-order valence-corrected chi connectivity index (χ1v) is 18.1. The van der Waals surface area contributed by atoms with Crippen LogP contribution in [0, 0.1) is 0 Å². The van der Waals surface area contributed by atoms with Crippen LogP contribution < -0.4 is 5.32 Å². The van der Waals surface area contributed by atoms with Gasteiger partial charge in [-0.05, 0) is 32.1 Å². The molecule has 0 aromatic heterocycles. The number of aliphatic hydroxyl groups is 3. The Morgan fingerprint density at radius 2 is 1.02 bits per heavy atom. The van der Waals surface area contributed by atoms with Gasteiger partial charge in [-0.1, -0.05) is 167 Å². The minimum atomic E-state index is -0.946. The zero-order valence-corrected chi connectivity index (χ0v) is 27.9. The smallest absolute Gasteiger partial charge is 0.222 e. The van der Waals surface area contributed by atoms with E-state index in [1.54, 1.807) is 6.08 Å². The average molecular weight is 594 g/mol. The lowest BCUT2D eigenvalue weighted by Crippen LogP contribution is -2.45. The lowest BCUT2D eigenvalue weighted by atomic mass is 10.0. The number of carbonyl (C=O) groups excluding carboxylic acids is 1. The summed E-state index contributed by atoms with van der Waals surface area (Å²) < 4.78 is 0. The van der Waals surface area contributed by atoms with Gasteiger partial charge in [0, 0.05) is 0 Å². The molecule has 4 N–H and O–H groups in total. The molecule has 0 fully saturated rings. The number of unbranched alkanes of at least 4 members (excludes halogenated alkanes) is 21. The van der Waals surface area contributed by atoms with Crippen molar-refractivity contribution in [2.45, 2.75) is 199 Å². The Hall–Kier alpha value is -1.17. The molecule has 0 bridgehead atoms. The van der Waals surface area contributed by atoms with Crippen molar-refractivity contribution in [2.75, 3.05) is 6.61 Å². The first-order chi connectivity index (χ1) is 20.5. The summed E-state index contributed by atoms with van der Waals surface area (Å²) in [5, 5.41) is 33.0. The summed E-state index contributed by atoms with van der Waals surface area (Å²) in [6, 6.07) is -0.755. The molecule has 1 amide bonds. The Bertz CT molecular complexity index is 621. The second-order valence-electron chi connectivity index (χ2n) is 12.5. The zero-order valence-electron chi connectivity index (χ0n) is 27.9. The summed E-state index contributed by atoms with van der Waals surface area (Å²) in [6.07, 6.45) is 37.3. The van der Waals surface area contributed by atoms with Crippen LogP contribution in [0.4, 0.5) is 0 Å². The van der Waals surface area contributed by atoms with E-state index in [4.69, 9.17) is 0 Å². The summed E-state index contributed by atoms with van der Waals surface area (Å²) in [7, 11) is 0. The molecule has 0 rings (SSSR count). The van der Waals surface area contributed by atoms with Gasteiger partial charge in [0.2, 0.25) is 5.91 Å². The average Bonchev–Trinajstić information content (AvgIpc) is 2.98. The molecule has 0 radical (unpaired) electrons. The van der Waals surface area contributed by atoms with Gasteiger partial charge >= 0.3 is 0 Å². The molecule has 5 heteroatoms. The van der Waals surface area contributed by atoms with Crippen molar-refractivity contribution in [3.8, 4) is 0 Å². The minimum Gasteiger partial charge on any atom is -0.394 e. The molecule has 42 heavy (non-hydrogen) atoms. The van der Waals surface area contributed by atoms with Crippen LogP contribution in [-0.2, 0) is 4.79 Å². The van der Waals surface area contributed by atoms with Crippen LogP contribution in [0.5, 0.6) is 0 Å². The highest BCUT2D eigenvalue weighted by molar-refractivity contribution is 5.76. The minimum absolute atomic E-state index is 0.00884. The van der Waals surface area contributed by atoms with Crippen LogP contribution in [0.2, 0.25) is 0 Å². The summed E-state index contributed by atoms with van der Waals surface area (Å²) in [4.78, 5) is 12.3. The predicted molar refractivity (Wildman–Crippen MR) is 181 cm³/mol. The first-order valence-electron chi connectivity index (χ1n) is 18.1. The Kier molecular flexibility index (Phi) is 31.8. The third-order valence-electron chi connectivity index (χ3n) is 8.24. The number of carbonyl (C=O) groups is 1. The maximum atomic E-state index is 12.3. The van der Waals surface area contributed by atoms with Gasteiger partial charge in [0.05, 0.1) is 31.3 Å². The molecule has 0 saturated carbocycles. The van der Waals surface area contributed by atoms with Gasteiger partial charge < -0.3 is 20.6 Å². The molecule has 0 aliphatic carbocycles. The monoisotopic (exact) mass is 594 g/mol. The lowest BCUT2D eigenvalue weighted by Gasteiger charge is -2.21. The van der Waals surface area contributed by atoms with Gasteiger partial charge in [0.15, 0.2) is 0 Å². The second kappa shape index (κ2) is 32.7. The Balaban J connectivity index is 3.78. The molecule has 0 aliphatic rings. The Morgan fingerprint density at radius 3 is 1.52 bits per heavy atom. The summed E-state index contributed by atoms with van der Waals surface area (Å²) in [5.41, 5.74) is 0. The fourth-order valence-electron chi connectivity index (χ4n) is 5.41. The molecule has 3 unspecified atom stereocenters. The molecular weight excluding hydrogens is 522 g/mol. The largest absolute Gasteiger partial charge is 0.394 e. The van der Waals surface area contributed by atoms with E-state index in [0.717, 1.165) is 32.1 Å². The number of allylic oxidation sites excluding steroid dienone is 3. The van der Waals surface area contributed by atoms with Gasteiger partial charge in [-0.3, -0.25) is 4.79 Å². The van der Waals surface area contributed by atoms with Crippen LogP contribution in [-0.4, -0.2) is 46.1 Å². The van der Waals surface area contributed by atoms with Crippen molar-refractivity contribution in [2.24, 2.45) is 0 Å². The lowest BCUT2D eigenvalue weighted by molar-refractivity contribution is -0.124. The molecule has 0 spiro atoms. The zero-order chi connectivity index (χ0) is 30.9. The van der Waals surface area contributed by atoms with Crippen molar-refractivity contribution in [3.05, 3.63) is 24.3 Å². The number of hydrogen-bond acceptors (Lipinski definition) is 4. The maximum Gasteiger partial charge on any atom is 0.222 e.